The van der Waals surface area contributed by atoms with Gasteiger partial charge in [-0.3, -0.25) is 14.5 Å². The summed E-state index contributed by atoms with van der Waals surface area (Å²) in [6.45, 7) is 5.30. The minimum atomic E-state index is -3.19. The van der Waals surface area contributed by atoms with Gasteiger partial charge in [-0.2, -0.15) is 0 Å². The van der Waals surface area contributed by atoms with Gasteiger partial charge in [0.1, 0.15) is 17.9 Å². The van der Waals surface area contributed by atoms with Crippen molar-refractivity contribution in [1.29, 1.82) is 0 Å². The van der Waals surface area contributed by atoms with Crippen molar-refractivity contribution in [3.8, 4) is 0 Å². The number of urea groups is 1. The van der Waals surface area contributed by atoms with Crippen LogP contribution in [0.1, 0.15) is 33.0 Å². The zero-order valence-corrected chi connectivity index (χ0v) is 19.1. The highest BCUT2D eigenvalue weighted by Crippen LogP contribution is 2.33. The van der Waals surface area contributed by atoms with Gasteiger partial charge in [0.05, 0.1) is 11.5 Å². The predicted molar refractivity (Wildman–Crippen MR) is 117 cm³/mol. The normalized spacial score (nSPS) is 25.0. The van der Waals surface area contributed by atoms with E-state index < -0.39 is 45.8 Å². The highest BCUT2D eigenvalue weighted by atomic mass is 32.2. The summed E-state index contributed by atoms with van der Waals surface area (Å²) in [7, 11) is -3.19. The number of carbonyl (C=O) groups excluding carboxylic acids is 3. The van der Waals surface area contributed by atoms with Crippen molar-refractivity contribution in [2.75, 3.05) is 24.6 Å². The van der Waals surface area contributed by atoms with Crippen LogP contribution in [0.15, 0.2) is 34.7 Å². The van der Waals surface area contributed by atoms with E-state index >= 15 is 0 Å². The molecule has 32 heavy (non-hydrogen) atoms. The Hall–Kier alpha value is -2.88. The molecule has 4 rings (SSSR count). The van der Waals surface area contributed by atoms with E-state index in [-0.39, 0.29) is 23.2 Å². The van der Waals surface area contributed by atoms with Crippen LogP contribution in [0.3, 0.4) is 0 Å². The summed E-state index contributed by atoms with van der Waals surface area (Å²) in [5, 5.41) is 3.45. The fourth-order valence-corrected chi connectivity index (χ4v) is 6.06. The highest BCUT2D eigenvalue weighted by molar-refractivity contribution is 7.91. The number of hydrogen-bond acceptors (Lipinski definition) is 6. The second-order valence-electron chi connectivity index (χ2n) is 9.09. The Morgan fingerprint density at radius 1 is 1.31 bits per heavy atom. The van der Waals surface area contributed by atoms with Gasteiger partial charge in [-0.15, -0.1) is 0 Å². The SMILES string of the molecule is CC(C)CN(C(=O)CN1C(=O)N[C@](C)(c2cc3ccccc3o2)C1=O)[C@H]1CCS(=O)(=O)C1. The molecule has 0 radical (unpaired) electrons. The average molecular weight is 462 g/mol. The maximum Gasteiger partial charge on any atom is 0.325 e. The lowest BCUT2D eigenvalue weighted by Gasteiger charge is -2.31. The van der Waals surface area contributed by atoms with Crippen LogP contribution in [-0.2, 0) is 25.0 Å². The molecular formula is C22H27N3O6S. The van der Waals surface area contributed by atoms with Gasteiger partial charge >= 0.3 is 6.03 Å². The molecule has 0 unspecified atom stereocenters. The van der Waals surface area contributed by atoms with Gasteiger partial charge in [0, 0.05) is 18.0 Å². The molecular weight excluding hydrogens is 434 g/mol. The minimum Gasteiger partial charge on any atom is -0.458 e. The van der Waals surface area contributed by atoms with Crippen LogP contribution in [-0.4, -0.2) is 66.7 Å². The number of benzene rings is 1. The van der Waals surface area contributed by atoms with Crippen LogP contribution in [0.2, 0.25) is 0 Å². The predicted octanol–water partition coefficient (Wildman–Crippen LogP) is 1.87. The number of rotatable bonds is 6. The van der Waals surface area contributed by atoms with Crippen LogP contribution < -0.4 is 5.32 Å². The number of furan rings is 1. The lowest BCUT2D eigenvalue weighted by molar-refractivity contribution is -0.140. The number of nitrogens with one attached hydrogen (secondary N) is 1. The lowest BCUT2D eigenvalue weighted by Crippen LogP contribution is -2.49. The van der Waals surface area contributed by atoms with E-state index in [9.17, 15) is 22.8 Å². The molecule has 0 bridgehead atoms. The standard InChI is InChI=1S/C22H27N3O6S/c1-14(2)11-24(16-8-9-32(29,30)13-16)19(26)12-25-20(27)22(3,23-21(25)28)18-10-15-6-4-5-7-17(15)31-18/h4-7,10,14,16H,8-9,11-13H2,1-3H3,(H,23,28)/t16-,22+/m0/s1. The summed E-state index contributed by atoms with van der Waals surface area (Å²) in [5.41, 5.74) is -0.846. The third-order valence-corrected chi connectivity index (χ3v) is 7.77. The van der Waals surface area contributed by atoms with Crippen molar-refractivity contribution < 1.29 is 27.2 Å². The van der Waals surface area contributed by atoms with Gasteiger partial charge in [-0.25, -0.2) is 13.2 Å². The summed E-state index contributed by atoms with van der Waals surface area (Å²) in [4.78, 5) is 41.4. The number of sulfone groups is 1. The van der Waals surface area contributed by atoms with E-state index in [4.69, 9.17) is 4.42 Å². The zero-order chi connectivity index (χ0) is 23.3. The largest absolute Gasteiger partial charge is 0.458 e. The smallest absolute Gasteiger partial charge is 0.325 e. The van der Waals surface area contributed by atoms with Crippen molar-refractivity contribution in [3.63, 3.8) is 0 Å². The molecule has 1 aromatic carbocycles. The minimum absolute atomic E-state index is 0.0345. The molecule has 2 fully saturated rings. The average Bonchev–Trinajstić information content (AvgIpc) is 3.37. The highest BCUT2D eigenvalue weighted by Gasteiger charge is 2.52. The maximum absolute atomic E-state index is 13.2. The van der Waals surface area contributed by atoms with Crippen molar-refractivity contribution >= 4 is 38.7 Å². The molecule has 2 aromatic rings. The molecule has 1 aromatic heterocycles. The first-order valence-electron chi connectivity index (χ1n) is 10.6. The first-order chi connectivity index (χ1) is 15.0. The zero-order valence-electron chi connectivity index (χ0n) is 18.3. The van der Waals surface area contributed by atoms with Crippen molar-refractivity contribution in [1.82, 2.24) is 15.1 Å². The Balaban J connectivity index is 1.56. The Labute approximate surface area is 186 Å². The molecule has 0 aliphatic carbocycles. The van der Waals surface area contributed by atoms with E-state index in [2.05, 4.69) is 5.32 Å². The van der Waals surface area contributed by atoms with E-state index in [0.29, 0.717) is 18.5 Å². The van der Waals surface area contributed by atoms with Crippen LogP contribution in [0.4, 0.5) is 4.79 Å². The molecule has 2 aliphatic heterocycles. The second kappa shape index (κ2) is 7.91. The van der Waals surface area contributed by atoms with Gasteiger partial charge in [-0.1, -0.05) is 32.0 Å². The Kier molecular flexibility index (Phi) is 5.52. The molecule has 10 heteroatoms. The number of hydrogen-bond donors (Lipinski definition) is 1. The first kappa shape index (κ1) is 22.3. The molecule has 2 saturated heterocycles. The molecule has 2 aliphatic rings. The lowest BCUT2D eigenvalue weighted by atomic mass is 9.99. The molecule has 9 nitrogen and oxygen atoms in total. The number of amides is 4. The fourth-order valence-electron chi connectivity index (χ4n) is 4.33. The van der Waals surface area contributed by atoms with Crippen LogP contribution in [0.25, 0.3) is 11.0 Å². The monoisotopic (exact) mass is 461 g/mol. The van der Waals surface area contributed by atoms with Crippen molar-refractivity contribution in [2.45, 2.75) is 38.8 Å². The maximum atomic E-state index is 13.2. The molecule has 0 spiro atoms. The Bertz CT molecular complexity index is 1150. The van der Waals surface area contributed by atoms with Crippen molar-refractivity contribution in [3.05, 3.63) is 36.1 Å². The van der Waals surface area contributed by atoms with Crippen LogP contribution >= 0.6 is 0 Å². The number of imide groups is 1. The van der Waals surface area contributed by atoms with Crippen molar-refractivity contribution in [2.24, 2.45) is 5.92 Å². The molecule has 3 heterocycles. The van der Waals surface area contributed by atoms with Gasteiger partial charge in [0.25, 0.3) is 5.91 Å². The molecule has 2 atom stereocenters. The summed E-state index contributed by atoms with van der Waals surface area (Å²) in [5.74, 6) is -0.703. The number of para-hydroxylation sites is 1. The Morgan fingerprint density at radius 2 is 2.03 bits per heavy atom. The van der Waals surface area contributed by atoms with Gasteiger partial charge in [-0.05, 0) is 31.4 Å². The van der Waals surface area contributed by atoms with E-state index in [1.54, 1.807) is 19.1 Å². The number of fused-ring (bicyclic) bond motifs is 1. The number of carbonyl (C=O) groups is 3. The fraction of sp³-hybridized carbons (Fsp3) is 0.500. The van der Waals surface area contributed by atoms with Gasteiger partial charge < -0.3 is 14.6 Å². The van der Waals surface area contributed by atoms with E-state index in [0.717, 1.165) is 10.3 Å². The topological polar surface area (TPSA) is 117 Å². The van der Waals surface area contributed by atoms with E-state index in [1.807, 2.05) is 32.0 Å². The number of nitrogens with zero attached hydrogens (tertiary/aromatic N) is 2. The summed E-state index contributed by atoms with van der Waals surface area (Å²) >= 11 is 0. The third-order valence-electron chi connectivity index (χ3n) is 6.02. The summed E-state index contributed by atoms with van der Waals surface area (Å²) in [6.07, 6.45) is 0.359. The van der Waals surface area contributed by atoms with Gasteiger partial charge in [0.15, 0.2) is 15.4 Å². The van der Waals surface area contributed by atoms with E-state index in [1.165, 1.54) is 4.90 Å². The first-order valence-corrected chi connectivity index (χ1v) is 12.5. The molecule has 172 valence electrons. The second-order valence-corrected chi connectivity index (χ2v) is 11.3. The molecule has 4 amide bonds. The summed E-state index contributed by atoms with van der Waals surface area (Å²) in [6, 6.07) is 7.83. The van der Waals surface area contributed by atoms with Gasteiger partial charge in [0.2, 0.25) is 5.91 Å². The molecule has 0 saturated carbocycles. The molecule has 1 N–H and O–H groups in total. The quantitative estimate of drug-likeness (QED) is 0.657. The Morgan fingerprint density at radius 3 is 2.66 bits per heavy atom. The third kappa shape index (κ3) is 3.99. The van der Waals surface area contributed by atoms with Crippen LogP contribution in [0, 0.1) is 5.92 Å². The summed E-state index contributed by atoms with van der Waals surface area (Å²) < 4.78 is 29.7. The van der Waals surface area contributed by atoms with Crippen LogP contribution in [0.5, 0.6) is 0 Å².